The molecule has 0 aliphatic rings. The van der Waals surface area contributed by atoms with Gasteiger partial charge in [0.25, 0.3) is 0 Å². The Hall–Kier alpha value is -2.23. The van der Waals surface area contributed by atoms with Gasteiger partial charge in [0.1, 0.15) is 11.6 Å². The molecule has 0 radical (unpaired) electrons. The van der Waals surface area contributed by atoms with E-state index in [0.717, 1.165) is 28.0 Å². The number of aliphatic imine (C=N–C) groups is 1. The lowest BCUT2D eigenvalue weighted by atomic mass is 10.1. The Morgan fingerprint density at radius 1 is 1.50 bits per heavy atom. The summed E-state index contributed by atoms with van der Waals surface area (Å²) >= 11 is 0. The van der Waals surface area contributed by atoms with Gasteiger partial charge in [-0.1, -0.05) is 12.7 Å². The van der Waals surface area contributed by atoms with Crippen LogP contribution in [0, 0.1) is 5.82 Å². The smallest absolute Gasteiger partial charge is 0.142 e. The molecule has 1 aromatic carbocycles. The van der Waals surface area contributed by atoms with Gasteiger partial charge in [-0.15, -0.1) is 0 Å². The van der Waals surface area contributed by atoms with Crippen LogP contribution in [0.5, 0.6) is 0 Å². The molecule has 4 heteroatoms. The Balaban J connectivity index is 2.79. The van der Waals surface area contributed by atoms with Crippen molar-refractivity contribution in [2.45, 2.75) is 20.4 Å². The van der Waals surface area contributed by atoms with Crippen molar-refractivity contribution in [3.8, 4) is 0 Å². The Morgan fingerprint density at radius 2 is 2.25 bits per heavy atom. The van der Waals surface area contributed by atoms with Gasteiger partial charge in [-0.05, 0) is 37.6 Å². The maximum absolute atomic E-state index is 13.4. The SMILES string of the molecule is C=C/C(C)=C(\C=NC)c1nc2ccc(F)cc2n1CC. The molecule has 2 rings (SSSR count). The number of rotatable bonds is 4. The average Bonchev–Trinajstić information content (AvgIpc) is 2.81. The lowest BCUT2D eigenvalue weighted by Crippen LogP contribution is -2.03. The third-order valence-corrected chi connectivity index (χ3v) is 3.26. The first-order chi connectivity index (χ1) is 9.62. The summed E-state index contributed by atoms with van der Waals surface area (Å²) in [6.45, 7) is 8.48. The molecule has 0 bridgehead atoms. The molecule has 0 unspecified atom stereocenters. The third kappa shape index (κ3) is 2.41. The molecule has 20 heavy (non-hydrogen) atoms. The molecule has 0 amide bonds. The van der Waals surface area contributed by atoms with Crippen molar-refractivity contribution in [1.29, 1.82) is 0 Å². The molecule has 1 heterocycles. The number of hydrogen-bond donors (Lipinski definition) is 0. The molecular weight excluding hydrogens is 253 g/mol. The summed E-state index contributed by atoms with van der Waals surface area (Å²) in [5, 5.41) is 0. The van der Waals surface area contributed by atoms with E-state index in [-0.39, 0.29) is 5.82 Å². The molecule has 0 fully saturated rings. The minimum atomic E-state index is -0.256. The first kappa shape index (κ1) is 14.2. The molecule has 3 nitrogen and oxygen atoms in total. The number of nitrogens with zero attached hydrogens (tertiary/aromatic N) is 3. The van der Waals surface area contributed by atoms with Gasteiger partial charge in [0.05, 0.1) is 11.0 Å². The van der Waals surface area contributed by atoms with Crippen molar-refractivity contribution < 1.29 is 4.39 Å². The highest BCUT2D eigenvalue weighted by Crippen LogP contribution is 2.24. The van der Waals surface area contributed by atoms with Gasteiger partial charge < -0.3 is 4.57 Å². The van der Waals surface area contributed by atoms with Crippen molar-refractivity contribution in [3.63, 3.8) is 0 Å². The van der Waals surface area contributed by atoms with E-state index in [0.29, 0.717) is 6.54 Å². The zero-order valence-electron chi connectivity index (χ0n) is 12.0. The number of halogens is 1. The molecule has 104 valence electrons. The molecule has 0 aliphatic carbocycles. The van der Waals surface area contributed by atoms with Gasteiger partial charge in [0.2, 0.25) is 0 Å². The van der Waals surface area contributed by atoms with Crippen LogP contribution in [-0.2, 0) is 6.54 Å². The maximum atomic E-state index is 13.4. The molecule has 0 aliphatic heterocycles. The number of benzene rings is 1. The highest BCUT2D eigenvalue weighted by molar-refractivity contribution is 6.11. The highest BCUT2D eigenvalue weighted by Gasteiger charge is 2.14. The fourth-order valence-electron chi connectivity index (χ4n) is 2.20. The van der Waals surface area contributed by atoms with Crippen LogP contribution >= 0.6 is 0 Å². The predicted octanol–water partition coefficient (Wildman–Crippen LogP) is 3.86. The van der Waals surface area contributed by atoms with Crippen LogP contribution in [0.3, 0.4) is 0 Å². The Kier molecular flexibility index (Phi) is 4.13. The molecule has 0 saturated carbocycles. The lowest BCUT2D eigenvalue weighted by Gasteiger charge is -2.08. The normalized spacial score (nSPS) is 13.0. The Labute approximate surface area is 118 Å². The molecular formula is C16H18FN3. The second-order valence-electron chi connectivity index (χ2n) is 4.50. The van der Waals surface area contributed by atoms with Gasteiger partial charge in [-0.2, -0.15) is 0 Å². The minimum Gasteiger partial charge on any atom is -0.324 e. The topological polar surface area (TPSA) is 30.2 Å². The standard InChI is InChI=1S/C16H18FN3/c1-5-11(3)13(10-18-4)16-19-14-8-7-12(17)9-15(14)20(16)6-2/h5,7-10H,1,6H2,2-4H3/b13-11+,18-10?. The summed E-state index contributed by atoms with van der Waals surface area (Å²) in [7, 11) is 1.72. The quantitative estimate of drug-likeness (QED) is 0.613. The van der Waals surface area contributed by atoms with Crippen molar-refractivity contribution >= 4 is 22.8 Å². The van der Waals surface area contributed by atoms with Crippen LogP contribution < -0.4 is 0 Å². The van der Waals surface area contributed by atoms with E-state index >= 15 is 0 Å². The summed E-state index contributed by atoms with van der Waals surface area (Å²) in [6.07, 6.45) is 3.54. The van der Waals surface area contributed by atoms with Crippen molar-refractivity contribution in [1.82, 2.24) is 9.55 Å². The van der Waals surface area contributed by atoms with E-state index < -0.39 is 0 Å². The Bertz CT molecular complexity index is 708. The first-order valence-electron chi connectivity index (χ1n) is 6.54. The first-order valence-corrected chi connectivity index (χ1v) is 6.54. The van der Waals surface area contributed by atoms with Crippen LogP contribution in [0.2, 0.25) is 0 Å². The molecule has 2 aromatic rings. The Morgan fingerprint density at radius 3 is 2.85 bits per heavy atom. The van der Waals surface area contributed by atoms with Gasteiger partial charge in [-0.3, -0.25) is 4.99 Å². The fraction of sp³-hybridized carbons (Fsp3) is 0.250. The lowest BCUT2D eigenvalue weighted by molar-refractivity contribution is 0.628. The zero-order valence-corrected chi connectivity index (χ0v) is 12.0. The van der Waals surface area contributed by atoms with E-state index in [4.69, 9.17) is 0 Å². The summed E-state index contributed by atoms with van der Waals surface area (Å²) < 4.78 is 15.4. The van der Waals surface area contributed by atoms with Crippen LogP contribution in [0.25, 0.3) is 16.6 Å². The molecule has 0 atom stereocenters. The van der Waals surface area contributed by atoms with Crippen LogP contribution in [0.15, 0.2) is 41.4 Å². The second-order valence-corrected chi connectivity index (χ2v) is 4.50. The van der Waals surface area contributed by atoms with Crippen LogP contribution in [0.4, 0.5) is 4.39 Å². The second kappa shape index (κ2) is 5.82. The highest BCUT2D eigenvalue weighted by atomic mass is 19.1. The number of fused-ring (bicyclic) bond motifs is 1. The monoisotopic (exact) mass is 271 g/mol. The van der Waals surface area contributed by atoms with E-state index in [1.807, 2.05) is 18.4 Å². The number of imidazole rings is 1. The number of aromatic nitrogens is 2. The molecule has 0 spiro atoms. The summed E-state index contributed by atoms with van der Waals surface area (Å²) in [5.41, 5.74) is 3.46. The zero-order chi connectivity index (χ0) is 14.7. The third-order valence-electron chi connectivity index (χ3n) is 3.26. The van der Waals surface area contributed by atoms with E-state index in [9.17, 15) is 4.39 Å². The summed E-state index contributed by atoms with van der Waals surface area (Å²) in [5.74, 6) is 0.532. The van der Waals surface area contributed by atoms with Crippen molar-refractivity contribution in [2.75, 3.05) is 7.05 Å². The largest absolute Gasteiger partial charge is 0.324 e. The van der Waals surface area contributed by atoms with E-state index in [1.165, 1.54) is 12.1 Å². The average molecular weight is 271 g/mol. The number of hydrogen-bond acceptors (Lipinski definition) is 2. The van der Waals surface area contributed by atoms with Crippen molar-refractivity contribution in [2.24, 2.45) is 4.99 Å². The van der Waals surface area contributed by atoms with Gasteiger partial charge in [0, 0.05) is 25.4 Å². The maximum Gasteiger partial charge on any atom is 0.142 e. The van der Waals surface area contributed by atoms with E-state index in [2.05, 4.69) is 16.6 Å². The van der Waals surface area contributed by atoms with Crippen LogP contribution in [0.1, 0.15) is 19.7 Å². The molecule has 0 saturated heterocycles. The van der Waals surface area contributed by atoms with Gasteiger partial charge >= 0.3 is 0 Å². The number of allylic oxidation sites excluding steroid dienone is 3. The van der Waals surface area contributed by atoms with E-state index in [1.54, 1.807) is 25.4 Å². The minimum absolute atomic E-state index is 0.256. The molecule has 0 N–H and O–H groups in total. The summed E-state index contributed by atoms with van der Waals surface area (Å²) in [6, 6.07) is 4.64. The van der Waals surface area contributed by atoms with Crippen LogP contribution in [-0.4, -0.2) is 22.8 Å². The summed E-state index contributed by atoms with van der Waals surface area (Å²) in [4.78, 5) is 8.70. The number of aryl methyl sites for hydroxylation is 1. The fourth-order valence-corrected chi connectivity index (χ4v) is 2.20. The van der Waals surface area contributed by atoms with Gasteiger partial charge in [-0.25, -0.2) is 9.37 Å². The van der Waals surface area contributed by atoms with Crippen molar-refractivity contribution in [3.05, 3.63) is 48.1 Å². The van der Waals surface area contributed by atoms with Gasteiger partial charge in [0.15, 0.2) is 0 Å². The predicted molar refractivity (Wildman–Crippen MR) is 82.6 cm³/mol. The molecule has 1 aromatic heterocycles.